The highest BCUT2D eigenvalue weighted by Gasteiger charge is 2.22. The molecule has 8 heteroatoms. The maximum atomic E-state index is 13.9. The zero-order valence-corrected chi connectivity index (χ0v) is 18.9. The molecule has 0 radical (unpaired) electrons. The Kier molecular flexibility index (Phi) is 5.75. The summed E-state index contributed by atoms with van der Waals surface area (Å²) in [5.41, 5.74) is 5.41. The van der Waals surface area contributed by atoms with Gasteiger partial charge in [0.15, 0.2) is 0 Å². The Labute approximate surface area is 200 Å². The third-order valence-corrected chi connectivity index (χ3v) is 6.43. The first-order chi connectivity index (χ1) is 16.1. The van der Waals surface area contributed by atoms with E-state index in [0.717, 1.165) is 52.8 Å². The number of aromatic nitrogens is 2. The van der Waals surface area contributed by atoms with Crippen LogP contribution in [0.4, 0.5) is 8.78 Å². The van der Waals surface area contributed by atoms with Crippen molar-refractivity contribution in [3.63, 3.8) is 0 Å². The summed E-state index contributed by atoms with van der Waals surface area (Å²) in [5.74, 6) is -0.338. The van der Waals surface area contributed by atoms with Crippen LogP contribution in [-0.4, -0.2) is 22.6 Å². The van der Waals surface area contributed by atoms with Crippen molar-refractivity contribution < 1.29 is 13.5 Å². The minimum absolute atomic E-state index is 0. The molecule has 1 atom stereocenters. The average molecular weight is 482 g/mol. The second kappa shape index (κ2) is 8.74. The Balaban J connectivity index is 0.00000241. The number of ether oxygens (including phenoxy) is 1. The van der Waals surface area contributed by atoms with Crippen molar-refractivity contribution in [3.8, 4) is 5.75 Å². The van der Waals surface area contributed by atoms with Crippen molar-refractivity contribution in [3.05, 3.63) is 99.0 Å². The molecule has 2 aliphatic heterocycles. The van der Waals surface area contributed by atoms with Crippen molar-refractivity contribution in [1.82, 2.24) is 14.9 Å². The summed E-state index contributed by atoms with van der Waals surface area (Å²) in [7, 11) is 0. The van der Waals surface area contributed by atoms with Gasteiger partial charge < -0.3 is 15.0 Å². The van der Waals surface area contributed by atoms with E-state index in [0.29, 0.717) is 11.3 Å². The first kappa shape index (κ1) is 22.4. The predicted octanol–water partition coefficient (Wildman–Crippen LogP) is 5.05. The van der Waals surface area contributed by atoms with E-state index in [2.05, 4.69) is 10.3 Å². The largest absolute Gasteiger partial charge is 0.488 e. The second-order valence-electron chi connectivity index (χ2n) is 8.51. The van der Waals surface area contributed by atoms with Gasteiger partial charge in [-0.2, -0.15) is 0 Å². The van der Waals surface area contributed by atoms with Gasteiger partial charge >= 0.3 is 5.69 Å². The fourth-order valence-electron chi connectivity index (χ4n) is 4.87. The summed E-state index contributed by atoms with van der Waals surface area (Å²) in [6.45, 7) is 1.82. The number of nitrogens with one attached hydrogen (secondary N) is 2. The van der Waals surface area contributed by atoms with E-state index in [4.69, 9.17) is 4.74 Å². The van der Waals surface area contributed by atoms with E-state index >= 15 is 0 Å². The number of hydrogen-bond donors (Lipinski definition) is 2. The van der Waals surface area contributed by atoms with E-state index < -0.39 is 5.82 Å². The second-order valence-corrected chi connectivity index (χ2v) is 8.51. The molecule has 3 aromatic carbocycles. The van der Waals surface area contributed by atoms with Crippen LogP contribution in [0.2, 0.25) is 0 Å². The Hall–Kier alpha value is -3.42. The van der Waals surface area contributed by atoms with Gasteiger partial charge in [0.05, 0.1) is 17.1 Å². The van der Waals surface area contributed by atoms with Crippen LogP contribution in [0, 0.1) is 11.6 Å². The zero-order valence-electron chi connectivity index (χ0n) is 18.1. The Morgan fingerprint density at radius 1 is 1.00 bits per heavy atom. The topological polar surface area (TPSA) is 59.1 Å². The monoisotopic (exact) mass is 481 g/mol. The molecular formula is C26H22ClF2N3O2. The summed E-state index contributed by atoms with van der Waals surface area (Å²) in [6, 6.07) is 15.0. The summed E-state index contributed by atoms with van der Waals surface area (Å²) < 4.78 is 35.5. The lowest BCUT2D eigenvalue weighted by molar-refractivity contribution is 0.305. The zero-order chi connectivity index (χ0) is 22.5. The van der Waals surface area contributed by atoms with Crippen molar-refractivity contribution in [1.29, 1.82) is 0 Å². The molecular weight excluding hydrogens is 460 g/mol. The van der Waals surface area contributed by atoms with Gasteiger partial charge in [-0.25, -0.2) is 13.6 Å². The third kappa shape index (κ3) is 3.81. The highest BCUT2D eigenvalue weighted by molar-refractivity contribution is 5.95. The number of halogens is 3. The third-order valence-electron chi connectivity index (χ3n) is 6.43. The molecule has 4 aromatic rings. The normalized spacial score (nSPS) is 18.2. The van der Waals surface area contributed by atoms with Crippen molar-refractivity contribution in [2.75, 3.05) is 13.1 Å². The molecule has 0 aliphatic carbocycles. The number of benzene rings is 3. The maximum Gasteiger partial charge on any atom is 0.326 e. The number of aromatic amines is 1. The molecule has 6 rings (SSSR count). The van der Waals surface area contributed by atoms with Crippen LogP contribution in [0.15, 0.2) is 59.4 Å². The van der Waals surface area contributed by atoms with E-state index in [9.17, 15) is 13.6 Å². The summed E-state index contributed by atoms with van der Waals surface area (Å²) >= 11 is 0. The van der Waals surface area contributed by atoms with Gasteiger partial charge in [-0.3, -0.25) is 4.57 Å². The Morgan fingerprint density at radius 3 is 2.59 bits per heavy atom. The van der Waals surface area contributed by atoms with Gasteiger partial charge in [-0.1, -0.05) is 12.1 Å². The van der Waals surface area contributed by atoms with Crippen LogP contribution in [0.25, 0.3) is 22.7 Å². The van der Waals surface area contributed by atoms with E-state index in [-0.39, 0.29) is 36.6 Å². The number of fused-ring (bicyclic) bond motifs is 3. The quantitative estimate of drug-likeness (QED) is 0.421. The van der Waals surface area contributed by atoms with E-state index in [1.54, 1.807) is 12.1 Å². The SMILES string of the molecule is Cl.O=c1[nH]c2cc(C=C3c4ccc(F)cc4COc4cc(F)ccc43)ccc2n1C1CCNC1. The first-order valence-electron chi connectivity index (χ1n) is 10.9. The molecule has 0 saturated carbocycles. The fraction of sp³-hybridized carbons (Fsp3) is 0.192. The molecule has 2 N–H and O–H groups in total. The van der Waals surface area contributed by atoms with Gasteiger partial charge in [0, 0.05) is 23.7 Å². The van der Waals surface area contributed by atoms with Gasteiger partial charge in [-0.05, 0) is 72.1 Å². The Morgan fingerprint density at radius 2 is 1.79 bits per heavy atom. The molecule has 1 aromatic heterocycles. The lowest BCUT2D eigenvalue weighted by atomic mass is 9.92. The number of nitrogens with zero attached hydrogens (tertiary/aromatic N) is 1. The van der Waals surface area contributed by atoms with Crippen molar-refractivity contribution in [2.24, 2.45) is 0 Å². The van der Waals surface area contributed by atoms with Gasteiger partial charge in [0.1, 0.15) is 24.0 Å². The van der Waals surface area contributed by atoms with Gasteiger partial charge in [0.2, 0.25) is 0 Å². The molecule has 3 heterocycles. The minimum Gasteiger partial charge on any atom is -0.488 e. The van der Waals surface area contributed by atoms with Gasteiger partial charge in [-0.15, -0.1) is 12.4 Å². The van der Waals surface area contributed by atoms with Crippen LogP contribution in [0.5, 0.6) is 5.75 Å². The smallest absolute Gasteiger partial charge is 0.326 e. The molecule has 2 aliphatic rings. The molecule has 1 unspecified atom stereocenters. The van der Waals surface area contributed by atoms with Crippen LogP contribution >= 0.6 is 12.4 Å². The maximum absolute atomic E-state index is 13.9. The molecule has 0 bridgehead atoms. The van der Waals surface area contributed by atoms with E-state index in [1.807, 2.05) is 28.8 Å². The highest BCUT2D eigenvalue weighted by Crippen LogP contribution is 2.38. The number of imidazole rings is 1. The lowest BCUT2D eigenvalue weighted by Gasteiger charge is -2.12. The highest BCUT2D eigenvalue weighted by atomic mass is 35.5. The van der Waals surface area contributed by atoms with Crippen LogP contribution in [0.1, 0.15) is 34.7 Å². The van der Waals surface area contributed by atoms with Crippen LogP contribution < -0.4 is 15.7 Å². The molecule has 0 spiro atoms. The molecule has 1 fully saturated rings. The van der Waals surface area contributed by atoms with Crippen molar-refractivity contribution in [2.45, 2.75) is 19.1 Å². The summed E-state index contributed by atoms with van der Waals surface area (Å²) in [4.78, 5) is 15.6. The average Bonchev–Trinajstić information content (AvgIpc) is 3.40. The predicted molar refractivity (Wildman–Crippen MR) is 130 cm³/mol. The number of H-pyrrole nitrogens is 1. The Bertz CT molecular complexity index is 1430. The summed E-state index contributed by atoms with van der Waals surface area (Å²) in [6.07, 6.45) is 2.88. The van der Waals surface area contributed by atoms with Gasteiger partial charge in [0.25, 0.3) is 0 Å². The molecule has 0 amide bonds. The molecule has 34 heavy (non-hydrogen) atoms. The van der Waals surface area contributed by atoms with Crippen molar-refractivity contribution >= 4 is 35.1 Å². The number of hydrogen-bond acceptors (Lipinski definition) is 3. The lowest BCUT2D eigenvalue weighted by Crippen LogP contribution is -2.23. The molecule has 1 saturated heterocycles. The standard InChI is InChI=1S/C26H21F2N3O2.ClH/c27-17-2-4-20-16(11-17)14-33-25-12-18(28)3-5-21(25)22(20)9-15-1-6-24-23(10-15)30-26(32)31(24)19-7-8-29-13-19;/h1-6,9-12,19,29H,7-8,13-14H2,(H,30,32);1H. The number of rotatable bonds is 2. The molecule has 174 valence electrons. The van der Waals surface area contributed by atoms with E-state index in [1.165, 1.54) is 24.3 Å². The fourth-order valence-corrected chi connectivity index (χ4v) is 4.87. The molecule has 5 nitrogen and oxygen atoms in total. The first-order valence-corrected chi connectivity index (χ1v) is 10.9. The minimum atomic E-state index is -0.396. The summed E-state index contributed by atoms with van der Waals surface area (Å²) in [5, 5.41) is 3.30. The van der Waals surface area contributed by atoms with Crippen LogP contribution in [0.3, 0.4) is 0 Å². The van der Waals surface area contributed by atoms with Crippen LogP contribution in [-0.2, 0) is 6.61 Å².